The monoisotopic (exact) mass is 559 g/mol. The van der Waals surface area contributed by atoms with E-state index in [1.54, 1.807) is 11.8 Å². The highest BCUT2D eigenvalue weighted by Gasteiger charge is 2.33. The molecule has 0 radical (unpaired) electrons. The van der Waals surface area contributed by atoms with Gasteiger partial charge in [-0.15, -0.1) is 10.2 Å². The molecule has 1 aromatic heterocycles. The first kappa shape index (κ1) is 28.4. The second-order valence-electron chi connectivity index (χ2n) is 11.4. The van der Waals surface area contributed by atoms with Crippen LogP contribution >= 0.6 is 11.8 Å². The predicted octanol–water partition coefficient (Wildman–Crippen LogP) is 6.06. The number of aromatic nitrogens is 3. The van der Waals surface area contributed by atoms with Crippen LogP contribution in [-0.2, 0) is 9.59 Å². The SMILES string of the molecule is Cc1ccc(-c2nnc(SCCCC(=O)N3CCN(C(=O)C4CCCCC4)C(C)C3)n2-c2ccc(C)cc2)cc1. The van der Waals surface area contributed by atoms with Crippen molar-refractivity contribution in [2.75, 3.05) is 25.4 Å². The number of thioether (sulfide) groups is 1. The first-order chi connectivity index (χ1) is 19.4. The van der Waals surface area contributed by atoms with E-state index in [1.807, 2.05) is 9.80 Å². The van der Waals surface area contributed by atoms with Gasteiger partial charge in [0.2, 0.25) is 11.8 Å². The molecular weight excluding hydrogens is 518 g/mol. The number of nitrogens with zero attached hydrogens (tertiary/aromatic N) is 5. The summed E-state index contributed by atoms with van der Waals surface area (Å²) in [5.41, 5.74) is 4.46. The number of carbonyl (C=O) groups excluding carboxylic acids is 2. The van der Waals surface area contributed by atoms with Crippen molar-refractivity contribution in [3.63, 3.8) is 0 Å². The first-order valence-electron chi connectivity index (χ1n) is 14.7. The van der Waals surface area contributed by atoms with Gasteiger partial charge >= 0.3 is 0 Å². The minimum atomic E-state index is 0.0785. The summed E-state index contributed by atoms with van der Waals surface area (Å²) >= 11 is 1.64. The van der Waals surface area contributed by atoms with Crippen LogP contribution < -0.4 is 0 Å². The number of piperazine rings is 1. The van der Waals surface area contributed by atoms with E-state index in [2.05, 4.69) is 84.1 Å². The molecule has 2 fully saturated rings. The van der Waals surface area contributed by atoms with E-state index in [1.165, 1.54) is 17.5 Å². The number of hydrogen-bond donors (Lipinski definition) is 0. The van der Waals surface area contributed by atoms with E-state index in [9.17, 15) is 9.59 Å². The Morgan fingerprint density at radius 2 is 1.57 bits per heavy atom. The smallest absolute Gasteiger partial charge is 0.226 e. The lowest BCUT2D eigenvalue weighted by Crippen LogP contribution is -2.56. The second-order valence-corrected chi connectivity index (χ2v) is 12.4. The summed E-state index contributed by atoms with van der Waals surface area (Å²) in [7, 11) is 0. The minimum absolute atomic E-state index is 0.0785. The molecule has 5 rings (SSSR count). The largest absolute Gasteiger partial charge is 0.339 e. The van der Waals surface area contributed by atoms with Crippen molar-refractivity contribution in [2.24, 2.45) is 5.92 Å². The van der Waals surface area contributed by atoms with Gasteiger partial charge in [0.05, 0.1) is 0 Å². The normalized spacial score (nSPS) is 18.2. The molecule has 1 unspecified atom stereocenters. The molecule has 2 amide bonds. The van der Waals surface area contributed by atoms with Gasteiger partial charge in [-0.3, -0.25) is 14.2 Å². The predicted molar refractivity (Wildman–Crippen MR) is 161 cm³/mol. The van der Waals surface area contributed by atoms with E-state index in [-0.39, 0.29) is 17.9 Å². The zero-order chi connectivity index (χ0) is 28.1. The maximum atomic E-state index is 13.1. The Balaban J connectivity index is 1.17. The third-order valence-electron chi connectivity index (χ3n) is 8.22. The standard InChI is InChI=1S/C32H41N5O2S/c1-23-11-15-26(16-12-23)30-33-34-32(37(30)28-17-13-24(2)14-18-28)40-21-7-10-29(38)35-19-20-36(25(3)22-35)31(39)27-8-5-4-6-9-27/h11-18,25,27H,4-10,19-22H2,1-3H3. The van der Waals surface area contributed by atoms with Gasteiger partial charge in [0.1, 0.15) is 0 Å². The third kappa shape index (κ3) is 6.60. The van der Waals surface area contributed by atoms with Gasteiger partial charge in [0, 0.05) is 55.0 Å². The highest BCUT2D eigenvalue weighted by atomic mass is 32.2. The van der Waals surface area contributed by atoms with Crippen molar-refractivity contribution >= 4 is 23.6 Å². The maximum Gasteiger partial charge on any atom is 0.226 e. The number of carbonyl (C=O) groups is 2. The highest BCUT2D eigenvalue weighted by molar-refractivity contribution is 7.99. The summed E-state index contributed by atoms with van der Waals surface area (Å²) in [5, 5.41) is 9.92. The van der Waals surface area contributed by atoms with Crippen LogP contribution in [0, 0.1) is 19.8 Å². The Hall–Kier alpha value is -3.13. The molecule has 1 saturated heterocycles. The molecule has 2 aromatic carbocycles. The van der Waals surface area contributed by atoms with Crippen molar-refractivity contribution in [2.45, 2.75) is 76.9 Å². The molecule has 40 heavy (non-hydrogen) atoms. The maximum absolute atomic E-state index is 13.1. The van der Waals surface area contributed by atoms with Crippen molar-refractivity contribution < 1.29 is 9.59 Å². The van der Waals surface area contributed by atoms with Gasteiger partial charge in [-0.05, 0) is 52.2 Å². The summed E-state index contributed by atoms with van der Waals surface area (Å²) < 4.78 is 2.11. The van der Waals surface area contributed by atoms with Crippen LogP contribution in [0.2, 0.25) is 0 Å². The van der Waals surface area contributed by atoms with Gasteiger partial charge in [-0.2, -0.15) is 0 Å². The van der Waals surface area contributed by atoms with Crippen molar-refractivity contribution in [3.8, 4) is 17.1 Å². The number of aryl methyl sites for hydroxylation is 2. The Kier molecular flexibility index (Phi) is 9.25. The summed E-state index contributed by atoms with van der Waals surface area (Å²) in [5.74, 6) is 2.26. The van der Waals surface area contributed by atoms with E-state index in [0.717, 1.165) is 60.1 Å². The Labute approximate surface area is 242 Å². The Bertz CT molecular complexity index is 1300. The highest BCUT2D eigenvalue weighted by Crippen LogP contribution is 2.30. The fourth-order valence-corrected chi connectivity index (χ4v) is 6.71. The lowest BCUT2D eigenvalue weighted by molar-refractivity contribution is -0.146. The third-order valence-corrected chi connectivity index (χ3v) is 9.23. The number of hydrogen-bond acceptors (Lipinski definition) is 5. The van der Waals surface area contributed by atoms with Crippen LogP contribution in [0.5, 0.6) is 0 Å². The fraction of sp³-hybridized carbons (Fsp3) is 0.500. The molecule has 2 aliphatic rings. The molecule has 1 aliphatic heterocycles. The summed E-state index contributed by atoms with van der Waals surface area (Å²) in [4.78, 5) is 30.1. The van der Waals surface area contributed by atoms with Gasteiger partial charge in [0.15, 0.2) is 11.0 Å². The molecular formula is C32H41N5O2S. The zero-order valence-corrected chi connectivity index (χ0v) is 24.8. The number of amides is 2. The van der Waals surface area contributed by atoms with E-state index in [4.69, 9.17) is 0 Å². The molecule has 2 heterocycles. The molecule has 1 aliphatic carbocycles. The fourth-order valence-electron chi connectivity index (χ4n) is 5.82. The van der Waals surface area contributed by atoms with Crippen molar-refractivity contribution in [1.82, 2.24) is 24.6 Å². The molecule has 0 bridgehead atoms. The van der Waals surface area contributed by atoms with Gasteiger partial charge in [-0.1, -0.05) is 78.5 Å². The van der Waals surface area contributed by atoms with E-state index < -0.39 is 0 Å². The zero-order valence-electron chi connectivity index (χ0n) is 24.0. The topological polar surface area (TPSA) is 71.3 Å². The van der Waals surface area contributed by atoms with Crippen LogP contribution in [0.4, 0.5) is 0 Å². The van der Waals surface area contributed by atoms with Gasteiger partial charge in [-0.25, -0.2) is 0 Å². The minimum Gasteiger partial charge on any atom is -0.339 e. The van der Waals surface area contributed by atoms with E-state index >= 15 is 0 Å². The Morgan fingerprint density at radius 1 is 0.900 bits per heavy atom. The Morgan fingerprint density at radius 3 is 2.25 bits per heavy atom. The van der Waals surface area contributed by atoms with Crippen molar-refractivity contribution in [3.05, 3.63) is 59.7 Å². The molecule has 0 spiro atoms. The van der Waals surface area contributed by atoms with Crippen LogP contribution in [0.1, 0.15) is 63.0 Å². The van der Waals surface area contributed by atoms with Crippen molar-refractivity contribution in [1.29, 1.82) is 0 Å². The van der Waals surface area contributed by atoms with Crippen LogP contribution in [0.25, 0.3) is 17.1 Å². The molecule has 3 aromatic rings. The molecule has 1 saturated carbocycles. The molecule has 212 valence electrons. The lowest BCUT2D eigenvalue weighted by atomic mass is 9.88. The molecule has 7 nitrogen and oxygen atoms in total. The second kappa shape index (κ2) is 13.0. The quantitative estimate of drug-likeness (QED) is 0.248. The summed E-state index contributed by atoms with van der Waals surface area (Å²) in [6.07, 6.45) is 6.88. The number of rotatable bonds is 8. The molecule has 0 N–H and O–H groups in total. The molecule has 1 atom stereocenters. The summed E-state index contributed by atoms with van der Waals surface area (Å²) in [6, 6.07) is 16.8. The van der Waals surface area contributed by atoms with E-state index in [0.29, 0.717) is 32.0 Å². The van der Waals surface area contributed by atoms with Gasteiger partial charge < -0.3 is 9.80 Å². The lowest BCUT2D eigenvalue weighted by Gasteiger charge is -2.41. The average molecular weight is 560 g/mol. The number of benzene rings is 2. The van der Waals surface area contributed by atoms with Gasteiger partial charge in [0.25, 0.3) is 0 Å². The molecule has 8 heteroatoms. The van der Waals surface area contributed by atoms with Crippen LogP contribution in [-0.4, -0.2) is 67.8 Å². The summed E-state index contributed by atoms with van der Waals surface area (Å²) in [6.45, 7) is 8.16. The van der Waals surface area contributed by atoms with Crippen LogP contribution in [0.15, 0.2) is 53.7 Å². The average Bonchev–Trinajstić information content (AvgIpc) is 3.40. The first-order valence-corrected chi connectivity index (χ1v) is 15.7. The van der Waals surface area contributed by atoms with Crippen LogP contribution in [0.3, 0.4) is 0 Å².